The number of thiocarbonyl (C=S) groups is 1. The molecule has 0 aliphatic rings. The highest BCUT2D eigenvalue weighted by atomic mass is 32.2. The summed E-state index contributed by atoms with van der Waals surface area (Å²) in [6, 6.07) is 0.804. The molecule has 2 N–H and O–H groups in total. The molecule has 0 heterocycles. The van der Waals surface area contributed by atoms with Crippen LogP contribution in [0.5, 0.6) is 0 Å². The Labute approximate surface area is 133 Å². The van der Waals surface area contributed by atoms with Crippen molar-refractivity contribution in [3.63, 3.8) is 0 Å². The van der Waals surface area contributed by atoms with Gasteiger partial charge in [0.1, 0.15) is 4.32 Å². The summed E-state index contributed by atoms with van der Waals surface area (Å²) in [6.45, 7) is 8.30. The zero-order chi connectivity index (χ0) is 15.3. The van der Waals surface area contributed by atoms with E-state index in [0.717, 1.165) is 22.5 Å². The second kappa shape index (κ2) is 13.0. The Morgan fingerprint density at radius 2 is 1.70 bits per heavy atom. The Morgan fingerprint density at radius 1 is 1.15 bits per heavy atom. The summed E-state index contributed by atoms with van der Waals surface area (Å²) in [7, 11) is -2.51. The number of nitrogens with one attached hydrogen (secondary N) is 1. The van der Waals surface area contributed by atoms with E-state index in [1.54, 1.807) is 11.8 Å². The number of hydrogen-bond acceptors (Lipinski definition) is 6. The van der Waals surface area contributed by atoms with E-state index >= 15 is 0 Å². The maximum atomic E-state index is 8.70. The lowest BCUT2D eigenvalue weighted by molar-refractivity contribution is 0.0712. The van der Waals surface area contributed by atoms with Gasteiger partial charge in [-0.2, -0.15) is 0 Å². The van der Waals surface area contributed by atoms with E-state index in [0.29, 0.717) is 26.4 Å². The average molecular weight is 342 g/mol. The van der Waals surface area contributed by atoms with Crippen molar-refractivity contribution in [1.82, 2.24) is 5.32 Å². The number of rotatable bonds is 12. The predicted octanol–water partition coefficient (Wildman–Crippen LogP) is 2.02. The SMILES string of the molecule is CCO[Si](CCCSC(=S)NCCO)(OCC)OCC. The summed E-state index contributed by atoms with van der Waals surface area (Å²) in [6.07, 6.45) is 0.928. The van der Waals surface area contributed by atoms with Crippen LogP contribution < -0.4 is 5.32 Å². The van der Waals surface area contributed by atoms with Crippen molar-refractivity contribution in [3.05, 3.63) is 0 Å². The largest absolute Gasteiger partial charge is 0.500 e. The molecular weight excluding hydrogens is 314 g/mol. The van der Waals surface area contributed by atoms with Gasteiger partial charge in [-0.25, -0.2) is 0 Å². The molecule has 0 aromatic heterocycles. The Morgan fingerprint density at radius 3 is 2.15 bits per heavy atom. The first kappa shape index (κ1) is 20.3. The van der Waals surface area contributed by atoms with Gasteiger partial charge in [-0.05, 0) is 27.2 Å². The van der Waals surface area contributed by atoms with E-state index in [2.05, 4.69) is 5.32 Å². The minimum absolute atomic E-state index is 0.0930. The summed E-state index contributed by atoms with van der Waals surface area (Å²) in [5.41, 5.74) is 0. The van der Waals surface area contributed by atoms with Crippen LogP contribution in [-0.4, -0.2) is 57.0 Å². The van der Waals surface area contributed by atoms with Crippen LogP contribution in [0.1, 0.15) is 27.2 Å². The maximum absolute atomic E-state index is 8.70. The molecule has 0 atom stereocenters. The van der Waals surface area contributed by atoms with Crippen LogP contribution >= 0.6 is 24.0 Å². The van der Waals surface area contributed by atoms with Gasteiger partial charge in [0.2, 0.25) is 0 Å². The van der Waals surface area contributed by atoms with Crippen LogP contribution in [0.4, 0.5) is 0 Å². The van der Waals surface area contributed by atoms with Crippen LogP contribution in [-0.2, 0) is 13.3 Å². The highest BCUT2D eigenvalue weighted by Crippen LogP contribution is 2.20. The van der Waals surface area contributed by atoms with Gasteiger partial charge < -0.3 is 23.7 Å². The number of hydrogen-bond donors (Lipinski definition) is 2. The Hall–Kier alpha value is 0.297. The third kappa shape index (κ3) is 9.27. The molecule has 0 aromatic carbocycles. The molecule has 0 amide bonds. The molecule has 0 spiro atoms. The first-order valence-corrected chi connectivity index (χ1v) is 10.4. The first-order chi connectivity index (χ1) is 9.64. The zero-order valence-electron chi connectivity index (χ0n) is 12.6. The van der Waals surface area contributed by atoms with Crippen molar-refractivity contribution in [3.8, 4) is 0 Å². The molecule has 120 valence electrons. The molecule has 0 unspecified atom stereocenters. The summed E-state index contributed by atoms with van der Waals surface area (Å²) < 4.78 is 18.1. The molecule has 0 saturated heterocycles. The zero-order valence-corrected chi connectivity index (χ0v) is 15.3. The molecule has 20 heavy (non-hydrogen) atoms. The standard InChI is InChI=1S/C12H27NO4S2Si/c1-4-15-20(16-5-2,17-6-3)11-7-10-19-12(18)13-8-9-14/h14H,4-11H2,1-3H3,(H,13,18). The highest BCUT2D eigenvalue weighted by Gasteiger charge is 2.39. The second-order valence-corrected chi connectivity index (χ2v) is 8.38. The van der Waals surface area contributed by atoms with E-state index in [4.69, 9.17) is 30.6 Å². The first-order valence-electron chi connectivity index (χ1n) is 7.07. The van der Waals surface area contributed by atoms with Crippen molar-refractivity contribution < 1.29 is 18.4 Å². The van der Waals surface area contributed by atoms with Crippen molar-refractivity contribution in [2.45, 2.75) is 33.2 Å². The maximum Gasteiger partial charge on any atom is 0.500 e. The Bertz CT molecular complexity index is 243. The molecule has 0 fully saturated rings. The van der Waals surface area contributed by atoms with E-state index in [1.807, 2.05) is 20.8 Å². The molecule has 0 aliphatic heterocycles. The minimum atomic E-state index is -2.51. The molecule has 0 aromatic rings. The van der Waals surface area contributed by atoms with Gasteiger partial charge in [-0.3, -0.25) is 0 Å². The van der Waals surface area contributed by atoms with Crippen LogP contribution in [0.25, 0.3) is 0 Å². The summed E-state index contributed by atoms with van der Waals surface area (Å²) in [5, 5.41) is 11.7. The summed E-state index contributed by atoms with van der Waals surface area (Å²) in [4.78, 5) is 0. The third-order valence-electron chi connectivity index (χ3n) is 2.33. The lowest BCUT2D eigenvalue weighted by Gasteiger charge is -2.28. The molecule has 0 radical (unpaired) electrons. The van der Waals surface area contributed by atoms with Crippen LogP contribution in [0.2, 0.25) is 6.04 Å². The average Bonchev–Trinajstić information content (AvgIpc) is 2.42. The molecule has 8 heteroatoms. The van der Waals surface area contributed by atoms with E-state index in [9.17, 15) is 0 Å². The fourth-order valence-electron chi connectivity index (χ4n) is 1.66. The smallest absolute Gasteiger partial charge is 0.395 e. The minimum Gasteiger partial charge on any atom is -0.395 e. The predicted molar refractivity (Wildman–Crippen MR) is 90.2 cm³/mol. The fraction of sp³-hybridized carbons (Fsp3) is 0.917. The second-order valence-electron chi connectivity index (χ2n) is 3.87. The van der Waals surface area contributed by atoms with Crippen molar-refractivity contribution in [2.24, 2.45) is 0 Å². The number of aliphatic hydroxyl groups excluding tert-OH is 1. The van der Waals surface area contributed by atoms with Gasteiger partial charge in [0.25, 0.3) is 0 Å². The van der Waals surface area contributed by atoms with Crippen LogP contribution in [0.3, 0.4) is 0 Å². The van der Waals surface area contributed by atoms with Gasteiger partial charge in [0.15, 0.2) is 0 Å². The van der Waals surface area contributed by atoms with Crippen LogP contribution in [0, 0.1) is 0 Å². The monoisotopic (exact) mass is 341 g/mol. The molecule has 0 rings (SSSR count). The van der Waals surface area contributed by atoms with Gasteiger partial charge in [-0.15, -0.1) is 0 Å². The highest BCUT2D eigenvalue weighted by molar-refractivity contribution is 8.22. The van der Waals surface area contributed by atoms with E-state index < -0.39 is 8.80 Å². The Balaban J connectivity index is 4.08. The summed E-state index contributed by atoms with van der Waals surface area (Å²) in [5.74, 6) is 0.888. The van der Waals surface area contributed by atoms with Crippen LogP contribution in [0.15, 0.2) is 0 Å². The van der Waals surface area contributed by atoms with Crippen molar-refractivity contribution in [1.29, 1.82) is 0 Å². The number of aliphatic hydroxyl groups is 1. The van der Waals surface area contributed by atoms with E-state index in [1.165, 1.54) is 0 Å². The number of thioether (sulfide) groups is 1. The summed E-state index contributed by atoms with van der Waals surface area (Å²) >= 11 is 6.71. The van der Waals surface area contributed by atoms with Crippen molar-refractivity contribution >= 4 is 37.1 Å². The molecule has 0 saturated carbocycles. The normalized spacial score (nSPS) is 11.6. The topological polar surface area (TPSA) is 60.0 Å². The lowest BCUT2D eigenvalue weighted by atomic mass is 10.6. The lowest BCUT2D eigenvalue weighted by Crippen LogP contribution is -2.46. The third-order valence-corrected chi connectivity index (χ3v) is 6.88. The van der Waals surface area contributed by atoms with Gasteiger partial charge in [-0.1, -0.05) is 24.0 Å². The van der Waals surface area contributed by atoms with E-state index in [-0.39, 0.29) is 6.61 Å². The van der Waals surface area contributed by atoms with Gasteiger partial charge in [0.05, 0.1) is 6.61 Å². The molecular formula is C12H27NO4S2Si. The molecule has 0 bridgehead atoms. The van der Waals surface area contributed by atoms with Crippen molar-refractivity contribution in [2.75, 3.05) is 38.7 Å². The quantitative estimate of drug-likeness (QED) is 0.320. The molecule has 0 aliphatic carbocycles. The van der Waals surface area contributed by atoms with Gasteiger partial charge in [0, 0.05) is 38.2 Å². The Kier molecular flexibility index (Phi) is 13.2. The fourth-order valence-corrected chi connectivity index (χ4v) is 5.56. The van der Waals surface area contributed by atoms with Gasteiger partial charge >= 0.3 is 8.80 Å². The molecule has 5 nitrogen and oxygen atoms in total.